The Kier molecular flexibility index (Phi) is 7.60. The molecule has 0 aliphatic carbocycles. The van der Waals surface area contributed by atoms with E-state index >= 15 is 0 Å². The third kappa shape index (κ3) is 5.43. The number of hydrogen-bond donors (Lipinski definition) is 2. The van der Waals surface area contributed by atoms with Gasteiger partial charge in [-0.05, 0) is 80.7 Å². The average Bonchev–Trinajstić information content (AvgIpc) is 2.84. The van der Waals surface area contributed by atoms with E-state index in [-0.39, 0.29) is 11.7 Å². The molecule has 1 atom stereocenters. The van der Waals surface area contributed by atoms with Crippen molar-refractivity contribution < 1.29 is 19.4 Å². The van der Waals surface area contributed by atoms with Crippen molar-refractivity contribution in [3.8, 4) is 0 Å². The van der Waals surface area contributed by atoms with Crippen LogP contribution in [0.5, 0.6) is 0 Å². The first-order valence-electron chi connectivity index (χ1n) is 13.5. The van der Waals surface area contributed by atoms with Crippen LogP contribution < -0.4 is 5.32 Å². The second-order valence-corrected chi connectivity index (χ2v) is 10.8. The van der Waals surface area contributed by atoms with E-state index in [0.29, 0.717) is 19.7 Å². The molecule has 1 unspecified atom stereocenters. The standard InChI is InChI=1S/C29H39N3O4/c1-29(2)25-11-6-10-24(23(25)14-17-36-29)26(28(33)34)32-18-22(19-32)35-16-5-3-4-9-21-13-12-20-8-7-15-30-27(20)31-21/h6,10-13,22,26H,3-5,7-9,14-19H2,1-2H3,(H,30,31)(H,33,34). The number of nitrogens with one attached hydrogen (secondary N) is 1. The number of unbranched alkanes of at least 4 members (excludes halogenated alkanes) is 2. The van der Waals surface area contributed by atoms with E-state index in [2.05, 4.69) is 37.4 Å². The van der Waals surface area contributed by atoms with Crippen LogP contribution in [-0.4, -0.2) is 59.9 Å². The van der Waals surface area contributed by atoms with Crippen LogP contribution in [0.25, 0.3) is 0 Å². The summed E-state index contributed by atoms with van der Waals surface area (Å²) in [6.45, 7) is 7.79. The highest BCUT2D eigenvalue weighted by molar-refractivity contribution is 5.76. The summed E-state index contributed by atoms with van der Waals surface area (Å²) < 4.78 is 12.0. The Morgan fingerprint density at radius 1 is 1.22 bits per heavy atom. The Morgan fingerprint density at radius 3 is 2.92 bits per heavy atom. The van der Waals surface area contributed by atoms with Crippen LogP contribution in [0.4, 0.5) is 5.82 Å². The molecule has 7 nitrogen and oxygen atoms in total. The molecule has 36 heavy (non-hydrogen) atoms. The molecule has 2 aromatic rings. The zero-order chi connectivity index (χ0) is 25.1. The van der Waals surface area contributed by atoms with E-state index < -0.39 is 12.0 Å². The lowest BCUT2D eigenvalue weighted by molar-refractivity contribution is -0.151. The van der Waals surface area contributed by atoms with Crippen molar-refractivity contribution in [2.24, 2.45) is 0 Å². The summed E-state index contributed by atoms with van der Waals surface area (Å²) in [7, 11) is 0. The van der Waals surface area contributed by atoms with Crippen LogP contribution in [0.3, 0.4) is 0 Å². The fourth-order valence-corrected chi connectivity index (χ4v) is 5.80. The normalized spacial score (nSPS) is 20.1. The molecule has 0 bridgehead atoms. The Hall–Kier alpha value is -2.48. The molecule has 3 aliphatic rings. The van der Waals surface area contributed by atoms with Crippen LogP contribution >= 0.6 is 0 Å². The molecule has 194 valence electrons. The number of anilines is 1. The molecule has 0 amide bonds. The summed E-state index contributed by atoms with van der Waals surface area (Å²) in [5.41, 5.74) is 5.25. The lowest BCUT2D eigenvalue weighted by atomic mass is 9.83. The van der Waals surface area contributed by atoms with Crippen LogP contribution in [0.15, 0.2) is 30.3 Å². The van der Waals surface area contributed by atoms with Gasteiger partial charge in [0.2, 0.25) is 0 Å². The largest absolute Gasteiger partial charge is 0.480 e. The Morgan fingerprint density at radius 2 is 2.08 bits per heavy atom. The first-order chi connectivity index (χ1) is 17.4. The molecule has 5 rings (SSSR count). The van der Waals surface area contributed by atoms with Gasteiger partial charge in [-0.25, -0.2) is 4.98 Å². The summed E-state index contributed by atoms with van der Waals surface area (Å²) in [4.78, 5) is 19.1. The number of ether oxygens (including phenoxy) is 2. The minimum atomic E-state index is -0.794. The van der Waals surface area contributed by atoms with Crippen molar-refractivity contribution in [2.75, 3.05) is 38.2 Å². The number of carboxylic acids is 1. The second-order valence-electron chi connectivity index (χ2n) is 10.8. The lowest BCUT2D eigenvalue weighted by Crippen LogP contribution is -2.55. The van der Waals surface area contributed by atoms with E-state index in [1.54, 1.807) is 0 Å². The molecule has 1 aromatic carbocycles. The van der Waals surface area contributed by atoms with Gasteiger partial charge in [0.15, 0.2) is 0 Å². The van der Waals surface area contributed by atoms with Crippen molar-refractivity contribution in [1.82, 2.24) is 9.88 Å². The maximum atomic E-state index is 12.3. The summed E-state index contributed by atoms with van der Waals surface area (Å²) in [6.07, 6.45) is 7.40. The van der Waals surface area contributed by atoms with Gasteiger partial charge in [0.25, 0.3) is 0 Å². The van der Waals surface area contributed by atoms with Gasteiger partial charge in [-0.1, -0.05) is 30.7 Å². The molecule has 0 spiro atoms. The van der Waals surface area contributed by atoms with Gasteiger partial charge >= 0.3 is 5.97 Å². The fourth-order valence-electron chi connectivity index (χ4n) is 5.80. The van der Waals surface area contributed by atoms with Crippen molar-refractivity contribution in [3.05, 3.63) is 58.3 Å². The minimum Gasteiger partial charge on any atom is -0.480 e. The fraction of sp³-hybridized carbons (Fsp3) is 0.586. The number of hydrogen-bond acceptors (Lipinski definition) is 6. The first kappa shape index (κ1) is 25.2. The van der Waals surface area contributed by atoms with Gasteiger partial charge in [-0.3, -0.25) is 9.69 Å². The van der Waals surface area contributed by atoms with Crippen LogP contribution in [-0.2, 0) is 39.1 Å². The average molecular weight is 494 g/mol. The number of rotatable bonds is 10. The molecule has 7 heteroatoms. The van der Waals surface area contributed by atoms with E-state index in [1.165, 1.54) is 12.0 Å². The Labute approximate surface area is 214 Å². The van der Waals surface area contributed by atoms with Crippen molar-refractivity contribution in [3.63, 3.8) is 0 Å². The number of likely N-dealkylation sites (tertiary alicyclic amines) is 1. The molecular formula is C29H39N3O4. The Balaban J connectivity index is 1.06. The first-order valence-corrected chi connectivity index (χ1v) is 13.5. The number of nitrogens with zero attached hydrogens (tertiary/aromatic N) is 2. The molecule has 4 heterocycles. The quantitative estimate of drug-likeness (QED) is 0.472. The summed E-state index contributed by atoms with van der Waals surface area (Å²) >= 11 is 0. The molecule has 1 saturated heterocycles. The molecule has 0 saturated carbocycles. The molecule has 1 aromatic heterocycles. The van der Waals surface area contributed by atoms with Crippen molar-refractivity contribution in [1.29, 1.82) is 0 Å². The summed E-state index contributed by atoms with van der Waals surface area (Å²) in [6, 6.07) is 9.76. The minimum absolute atomic E-state index is 0.111. The highest BCUT2D eigenvalue weighted by Gasteiger charge is 2.40. The third-order valence-corrected chi connectivity index (χ3v) is 7.83. The summed E-state index contributed by atoms with van der Waals surface area (Å²) in [5.74, 6) is 0.279. The molecule has 2 N–H and O–H groups in total. The number of benzene rings is 1. The van der Waals surface area contributed by atoms with Gasteiger partial charge in [-0.15, -0.1) is 0 Å². The number of fused-ring (bicyclic) bond motifs is 2. The third-order valence-electron chi connectivity index (χ3n) is 7.83. The van der Waals surface area contributed by atoms with E-state index in [9.17, 15) is 9.90 Å². The van der Waals surface area contributed by atoms with Gasteiger partial charge in [0, 0.05) is 31.9 Å². The van der Waals surface area contributed by atoms with Gasteiger partial charge in [0.05, 0.1) is 18.3 Å². The zero-order valence-electron chi connectivity index (χ0n) is 21.6. The predicted molar refractivity (Wildman–Crippen MR) is 139 cm³/mol. The number of pyridine rings is 1. The number of aromatic nitrogens is 1. The Bertz CT molecular complexity index is 1080. The summed E-state index contributed by atoms with van der Waals surface area (Å²) in [5, 5.41) is 13.5. The zero-order valence-corrected chi connectivity index (χ0v) is 21.6. The number of carboxylic acid groups (broad SMARTS) is 1. The monoisotopic (exact) mass is 493 g/mol. The maximum absolute atomic E-state index is 12.3. The SMILES string of the molecule is CC1(C)OCCc2c(C(C(=O)O)N3CC(OCCCCCc4ccc5c(n4)NCCC5)C3)cccc21. The molecule has 1 fully saturated rings. The number of aliphatic carboxylic acids is 1. The predicted octanol–water partition coefficient (Wildman–Crippen LogP) is 4.49. The van der Waals surface area contributed by atoms with E-state index in [1.807, 2.05) is 17.0 Å². The molecule has 3 aliphatic heterocycles. The van der Waals surface area contributed by atoms with Gasteiger partial charge < -0.3 is 19.9 Å². The van der Waals surface area contributed by atoms with Crippen molar-refractivity contribution >= 4 is 11.8 Å². The second kappa shape index (κ2) is 10.9. The van der Waals surface area contributed by atoms with Gasteiger partial charge in [0.1, 0.15) is 11.9 Å². The highest BCUT2D eigenvalue weighted by Crippen LogP contribution is 2.38. The highest BCUT2D eigenvalue weighted by atomic mass is 16.5. The van der Waals surface area contributed by atoms with Crippen molar-refractivity contribution in [2.45, 2.75) is 76.5 Å². The van der Waals surface area contributed by atoms with Gasteiger partial charge in [-0.2, -0.15) is 0 Å². The lowest BCUT2D eigenvalue weighted by Gasteiger charge is -2.44. The molecular weight excluding hydrogens is 454 g/mol. The van der Waals surface area contributed by atoms with Crippen LogP contribution in [0.1, 0.15) is 73.5 Å². The van der Waals surface area contributed by atoms with E-state index in [0.717, 1.165) is 79.9 Å². The number of aryl methyl sites for hydroxylation is 2. The maximum Gasteiger partial charge on any atom is 0.325 e. The topological polar surface area (TPSA) is 83.9 Å². The smallest absolute Gasteiger partial charge is 0.325 e. The van der Waals surface area contributed by atoms with Crippen LogP contribution in [0, 0.1) is 0 Å². The molecule has 0 radical (unpaired) electrons. The number of carbonyl (C=O) groups is 1. The van der Waals surface area contributed by atoms with Crippen LogP contribution in [0.2, 0.25) is 0 Å². The van der Waals surface area contributed by atoms with E-state index in [4.69, 9.17) is 14.5 Å².